The molecular weight excluding hydrogens is 300 g/mol. The Bertz CT molecular complexity index is 688. The van der Waals surface area contributed by atoms with Gasteiger partial charge in [0.25, 0.3) is 0 Å². The molecule has 0 atom stereocenters. The predicted octanol–water partition coefficient (Wildman–Crippen LogP) is 1.88. The van der Waals surface area contributed by atoms with E-state index in [1.807, 2.05) is 0 Å². The van der Waals surface area contributed by atoms with Crippen molar-refractivity contribution in [3.63, 3.8) is 0 Å². The van der Waals surface area contributed by atoms with Gasteiger partial charge in [0.1, 0.15) is 5.75 Å². The highest BCUT2D eigenvalue weighted by Gasteiger charge is 2.18. The first-order chi connectivity index (χ1) is 10.5. The number of alkyl halides is 2. The molecule has 2 rings (SSSR count). The zero-order valence-corrected chi connectivity index (χ0v) is 12.0. The first-order valence-electron chi connectivity index (χ1n) is 6.07. The summed E-state index contributed by atoms with van der Waals surface area (Å²) in [6.07, 6.45) is 1.30. The molecule has 0 aliphatic heterocycles. The van der Waals surface area contributed by atoms with Crippen molar-refractivity contribution in [1.29, 1.82) is 0 Å². The van der Waals surface area contributed by atoms with Gasteiger partial charge in [0.15, 0.2) is 5.69 Å². The second kappa shape index (κ2) is 6.37. The number of halogens is 2. The van der Waals surface area contributed by atoms with Crippen LogP contribution in [0.1, 0.15) is 10.5 Å². The highest BCUT2D eigenvalue weighted by atomic mass is 19.3. The van der Waals surface area contributed by atoms with Gasteiger partial charge in [-0.25, -0.2) is 9.78 Å². The maximum absolute atomic E-state index is 12.2. The zero-order valence-electron chi connectivity index (χ0n) is 12.0. The zero-order chi connectivity index (χ0) is 16.3. The van der Waals surface area contributed by atoms with Crippen LogP contribution in [0.4, 0.5) is 8.78 Å². The monoisotopic (exact) mass is 313 g/mol. The molecule has 0 aliphatic carbocycles. The van der Waals surface area contributed by atoms with Gasteiger partial charge in [-0.05, 0) is 6.07 Å². The molecule has 22 heavy (non-hydrogen) atoms. The Hall–Kier alpha value is -2.71. The van der Waals surface area contributed by atoms with Crippen LogP contribution in [-0.4, -0.2) is 41.6 Å². The number of hydrogen-bond acceptors (Lipinski definition) is 6. The van der Waals surface area contributed by atoms with Gasteiger partial charge in [0.2, 0.25) is 5.88 Å². The number of methoxy groups -OCH3 is 2. The fourth-order valence-corrected chi connectivity index (χ4v) is 1.86. The minimum atomic E-state index is -2.98. The second-order valence-electron chi connectivity index (χ2n) is 4.13. The molecule has 0 fully saturated rings. The fraction of sp³-hybridized carbons (Fsp3) is 0.308. The molecule has 2 aromatic heterocycles. The molecule has 118 valence electrons. The average molecular weight is 313 g/mol. The Labute approximate surface area is 124 Å². The average Bonchev–Trinajstić information content (AvgIpc) is 2.87. The van der Waals surface area contributed by atoms with Crippen molar-refractivity contribution in [2.24, 2.45) is 7.05 Å². The van der Waals surface area contributed by atoms with Crippen LogP contribution in [0.15, 0.2) is 18.3 Å². The lowest BCUT2D eigenvalue weighted by atomic mass is 10.2. The molecule has 0 saturated carbocycles. The summed E-state index contributed by atoms with van der Waals surface area (Å²) in [5.74, 6) is -0.609. The Morgan fingerprint density at radius 1 is 1.32 bits per heavy atom. The standard InChI is InChI=1S/C13H13F2N3O4/c1-18-9(4-8(17-18)12(19)21-3)7-6-16-11(22-13(14)15)5-10(7)20-2/h4-6,13H,1-3H3. The summed E-state index contributed by atoms with van der Waals surface area (Å²) in [5.41, 5.74) is 1.08. The maximum atomic E-state index is 12.2. The van der Waals surface area contributed by atoms with E-state index >= 15 is 0 Å². The number of rotatable bonds is 5. The summed E-state index contributed by atoms with van der Waals surface area (Å²) < 4.78 is 39.8. The third kappa shape index (κ3) is 3.13. The van der Waals surface area contributed by atoms with Crippen LogP contribution in [0, 0.1) is 0 Å². The molecule has 0 amide bonds. The van der Waals surface area contributed by atoms with Crippen LogP contribution in [0.25, 0.3) is 11.3 Å². The van der Waals surface area contributed by atoms with Crippen LogP contribution >= 0.6 is 0 Å². The van der Waals surface area contributed by atoms with Crippen LogP contribution in [0.2, 0.25) is 0 Å². The lowest BCUT2D eigenvalue weighted by Crippen LogP contribution is -2.04. The number of carbonyl (C=O) groups excluding carboxylic acids is 1. The number of hydrogen-bond donors (Lipinski definition) is 0. The van der Waals surface area contributed by atoms with E-state index in [2.05, 4.69) is 19.6 Å². The van der Waals surface area contributed by atoms with Gasteiger partial charge in [-0.1, -0.05) is 0 Å². The van der Waals surface area contributed by atoms with E-state index in [0.29, 0.717) is 11.3 Å². The summed E-state index contributed by atoms with van der Waals surface area (Å²) >= 11 is 0. The second-order valence-corrected chi connectivity index (χ2v) is 4.13. The minimum Gasteiger partial charge on any atom is -0.496 e. The van der Waals surface area contributed by atoms with Gasteiger partial charge in [0, 0.05) is 19.3 Å². The van der Waals surface area contributed by atoms with Crippen molar-refractivity contribution in [3.05, 3.63) is 24.0 Å². The van der Waals surface area contributed by atoms with Crippen LogP contribution < -0.4 is 9.47 Å². The van der Waals surface area contributed by atoms with Crippen molar-refractivity contribution in [2.75, 3.05) is 14.2 Å². The molecule has 2 heterocycles. The lowest BCUT2D eigenvalue weighted by molar-refractivity contribution is -0.0529. The Kier molecular flexibility index (Phi) is 4.54. The number of aromatic nitrogens is 3. The molecule has 0 saturated heterocycles. The first-order valence-corrected chi connectivity index (χ1v) is 6.07. The summed E-state index contributed by atoms with van der Waals surface area (Å²) in [5, 5.41) is 4.01. The Morgan fingerprint density at radius 2 is 2.05 bits per heavy atom. The molecular formula is C13H13F2N3O4. The lowest BCUT2D eigenvalue weighted by Gasteiger charge is -2.10. The molecule has 9 heteroatoms. The quantitative estimate of drug-likeness (QED) is 0.785. The fourth-order valence-electron chi connectivity index (χ4n) is 1.86. The van der Waals surface area contributed by atoms with Crippen molar-refractivity contribution < 1.29 is 27.8 Å². The van der Waals surface area contributed by atoms with Crippen molar-refractivity contribution in [3.8, 4) is 22.9 Å². The molecule has 0 N–H and O–H groups in total. The van der Waals surface area contributed by atoms with Crippen LogP contribution in [0.5, 0.6) is 11.6 Å². The largest absolute Gasteiger partial charge is 0.496 e. The predicted molar refractivity (Wildman–Crippen MR) is 71.0 cm³/mol. The van der Waals surface area contributed by atoms with E-state index in [1.54, 1.807) is 7.05 Å². The van der Waals surface area contributed by atoms with E-state index in [1.165, 1.54) is 37.2 Å². The number of ether oxygens (including phenoxy) is 3. The van der Waals surface area contributed by atoms with Gasteiger partial charge in [-0.15, -0.1) is 0 Å². The molecule has 0 aliphatic rings. The molecule has 0 spiro atoms. The smallest absolute Gasteiger partial charge is 0.388 e. The van der Waals surface area contributed by atoms with Crippen molar-refractivity contribution >= 4 is 5.97 Å². The highest BCUT2D eigenvalue weighted by Crippen LogP contribution is 2.32. The summed E-state index contributed by atoms with van der Waals surface area (Å²) in [4.78, 5) is 15.3. The molecule has 0 aromatic carbocycles. The summed E-state index contributed by atoms with van der Waals surface area (Å²) in [6.45, 7) is -2.98. The molecule has 0 bridgehead atoms. The molecule has 2 aromatic rings. The Morgan fingerprint density at radius 3 is 2.64 bits per heavy atom. The van der Waals surface area contributed by atoms with E-state index in [0.717, 1.165) is 0 Å². The van der Waals surface area contributed by atoms with E-state index in [-0.39, 0.29) is 17.3 Å². The van der Waals surface area contributed by atoms with Crippen molar-refractivity contribution in [1.82, 2.24) is 14.8 Å². The third-order valence-electron chi connectivity index (χ3n) is 2.82. The van der Waals surface area contributed by atoms with E-state index in [9.17, 15) is 13.6 Å². The number of carbonyl (C=O) groups is 1. The number of pyridine rings is 1. The maximum Gasteiger partial charge on any atom is 0.388 e. The van der Waals surface area contributed by atoms with Gasteiger partial charge in [0.05, 0.1) is 25.5 Å². The van der Waals surface area contributed by atoms with E-state index in [4.69, 9.17) is 4.74 Å². The van der Waals surface area contributed by atoms with Crippen LogP contribution in [-0.2, 0) is 11.8 Å². The number of esters is 1. The molecule has 0 radical (unpaired) electrons. The van der Waals surface area contributed by atoms with Crippen molar-refractivity contribution in [2.45, 2.75) is 6.61 Å². The topological polar surface area (TPSA) is 75.5 Å². The summed E-state index contributed by atoms with van der Waals surface area (Å²) in [6, 6.07) is 2.71. The molecule has 7 nitrogen and oxygen atoms in total. The highest BCUT2D eigenvalue weighted by molar-refractivity contribution is 5.89. The van der Waals surface area contributed by atoms with Gasteiger partial charge < -0.3 is 14.2 Å². The van der Waals surface area contributed by atoms with E-state index < -0.39 is 12.6 Å². The van der Waals surface area contributed by atoms with Gasteiger partial charge >= 0.3 is 12.6 Å². The SMILES string of the molecule is COC(=O)c1cc(-c2cnc(OC(F)F)cc2OC)n(C)n1. The first kappa shape index (κ1) is 15.7. The van der Waals surface area contributed by atoms with Gasteiger partial charge in [-0.2, -0.15) is 13.9 Å². The van der Waals surface area contributed by atoms with Gasteiger partial charge in [-0.3, -0.25) is 4.68 Å². The summed E-state index contributed by atoms with van der Waals surface area (Å²) in [7, 11) is 4.24. The molecule has 0 unspecified atom stereocenters. The Balaban J connectivity index is 2.44. The number of nitrogens with zero attached hydrogens (tertiary/aromatic N) is 3. The number of aryl methyl sites for hydroxylation is 1. The normalized spacial score (nSPS) is 10.6. The minimum absolute atomic E-state index is 0.106. The van der Waals surface area contributed by atoms with Crippen LogP contribution in [0.3, 0.4) is 0 Å². The third-order valence-corrected chi connectivity index (χ3v) is 2.82.